The molecule has 0 saturated heterocycles. The van der Waals surface area contributed by atoms with Crippen molar-refractivity contribution >= 4 is 45.1 Å². The predicted molar refractivity (Wildman–Crippen MR) is 69.3 cm³/mol. The molecular formula is C11H11BrCl2O2. The van der Waals surface area contributed by atoms with E-state index in [0.717, 1.165) is 0 Å². The van der Waals surface area contributed by atoms with Gasteiger partial charge < -0.3 is 4.74 Å². The monoisotopic (exact) mass is 324 g/mol. The molecule has 0 heterocycles. The lowest BCUT2D eigenvalue weighted by molar-refractivity contribution is 0.00687. The molecule has 1 rings (SSSR count). The first kappa shape index (κ1) is 13.8. The molecule has 0 aliphatic heterocycles. The highest BCUT2D eigenvalue weighted by Crippen LogP contribution is 2.32. The molecule has 0 bridgehead atoms. The van der Waals surface area contributed by atoms with Gasteiger partial charge in [-0.15, -0.1) is 0 Å². The van der Waals surface area contributed by atoms with Crippen molar-refractivity contribution in [2.24, 2.45) is 0 Å². The molecule has 0 aliphatic carbocycles. The van der Waals surface area contributed by atoms with Gasteiger partial charge in [-0.2, -0.15) is 0 Å². The second-order valence-electron chi connectivity index (χ2n) is 4.22. The number of halogens is 3. The van der Waals surface area contributed by atoms with Crippen LogP contribution in [0.25, 0.3) is 0 Å². The van der Waals surface area contributed by atoms with Crippen molar-refractivity contribution < 1.29 is 9.53 Å². The van der Waals surface area contributed by atoms with E-state index in [1.807, 2.05) is 0 Å². The molecule has 0 aromatic heterocycles. The summed E-state index contributed by atoms with van der Waals surface area (Å²) in [6.07, 6.45) is 0. The van der Waals surface area contributed by atoms with Crippen LogP contribution >= 0.6 is 39.1 Å². The van der Waals surface area contributed by atoms with Gasteiger partial charge in [-0.1, -0.05) is 23.2 Å². The lowest BCUT2D eigenvalue weighted by Crippen LogP contribution is -2.24. The van der Waals surface area contributed by atoms with Crippen molar-refractivity contribution in [1.29, 1.82) is 0 Å². The summed E-state index contributed by atoms with van der Waals surface area (Å²) in [5.41, 5.74) is -0.314. The van der Waals surface area contributed by atoms with Crippen LogP contribution in [0.1, 0.15) is 31.1 Å². The number of rotatable bonds is 1. The van der Waals surface area contributed by atoms with Crippen LogP contribution in [0.2, 0.25) is 10.0 Å². The average Bonchev–Trinajstić information content (AvgIpc) is 2.09. The summed E-state index contributed by atoms with van der Waals surface area (Å²) >= 11 is 15.0. The Hall–Kier alpha value is -0.250. The van der Waals surface area contributed by atoms with Gasteiger partial charge >= 0.3 is 5.97 Å². The van der Waals surface area contributed by atoms with Crippen LogP contribution in [-0.4, -0.2) is 11.6 Å². The van der Waals surface area contributed by atoms with Crippen molar-refractivity contribution in [1.82, 2.24) is 0 Å². The lowest BCUT2D eigenvalue weighted by atomic mass is 10.1. The van der Waals surface area contributed by atoms with Gasteiger partial charge in [0, 0.05) is 4.47 Å². The number of esters is 1. The second-order valence-corrected chi connectivity index (χ2v) is 5.86. The maximum absolute atomic E-state index is 11.9. The fourth-order valence-corrected chi connectivity index (χ4v) is 2.05. The van der Waals surface area contributed by atoms with Gasteiger partial charge in [0.25, 0.3) is 0 Å². The van der Waals surface area contributed by atoms with Crippen molar-refractivity contribution in [3.05, 3.63) is 32.2 Å². The van der Waals surface area contributed by atoms with E-state index in [4.69, 9.17) is 27.9 Å². The van der Waals surface area contributed by atoms with E-state index in [9.17, 15) is 4.79 Å². The minimum atomic E-state index is -0.567. The smallest absolute Gasteiger partial charge is 0.341 e. The molecule has 0 unspecified atom stereocenters. The maximum Gasteiger partial charge on any atom is 0.341 e. The van der Waals surface area contributed by atoms with E-state index >= 15 is 0 Å². The van der Waals surface area contributed by atoms with Crippen molar-refractivity contribution in [3.63, 3.8) is 0 Å². The van der Waals surface area contributed by atoms with Crippen molar-refractivity contribution in [2.75, 3.05) is 0 Å². The summed E-state index contributed by atoms with van der Waals surface area (Å²) < 4.78 is 5.79. The summed E-state index contributed by atoms with van der Waals surface area (Å²) in [6.45, 7) is 5.37. The van der Waals surface area contributed by atoms with E-state index in [1.165, 1.54) is 0 Å². The molecule has 88 valence electrons. The molecule has 0 radical (unpaired) electrons. The Bertz CT molecular complexity index is 425. The molecule has 0 amide bonds. The highest BCUT2D eigenvalue weighted by atomic mass is 79.9. The van der Waals surface area contributed by atoms with Gasteiger partial charge in [0.2, 0.25) is 0 Å². The number of carbonyl (C=O) groups excluding carboxylic acids is 1. The molecular weight excluding hydrogens is 315 g/mol. The molecule has 0 N–H and O–H groups in total. The molecule has 1 aromatic carbocycles. The highest BCUT2D eigenvalue weighted by Gasteiger charge is 2.23. The number of ether oxygens (including phenoxy) is 1. The minimum Gasteiger partial charge on any atom is -0.456 e. The van der Waals surface area contributed by atoms with E-state index in [2.05, 4.69) is 15.9 Å². The third-order valence-electron chi connectivity index (χ3n) is 1.65. The summed E-state index contributed by atoms with van der Waals surface area (Å²) in [4.78, 5) is 11.9. The van der Waals surface area contributed by atoms with Crippen molar-refractivity contribution in [3.8, 4) is 0 Å². The fourth-order valence-electron chi connectivity index (χ4n) is 1.04. The van der Waals surface area contributed by atoms with E-state index in [1.54, 1.807) is 32.9 Å². The van der Waals surface area contributed by atoms with Crippen molar-refractivity contribution in [2.45, 2.75) is 26.4 Å². The van der Waals surface area contributed by atoms with Crippen LogP contribution in [0.5, 0.6) is 0 Å². The molecule has 0 spiro atoms. The third kappa shape index (κ3) is 3.37. The van der Waals surface area contributed by atoms with Crippen LogP contribution in [0.3, 0.4) is 0 Å². The molecule has 1 aromatic rings. The van der Waals surface area contributed by atoms with Gasteiger partial charge in [-0.25, -0.2) is 4.79 Å². The predicted octanol–water partition coefficient (Wildman–Crippen LogP) is 4.71. The normalized spacial score (nSPS) is 11.4. The van der Waals surface area contributed by atoms with Crippen LogP contribution < -0.4 is 0 Å². The first-order valence-electron chi connectivity index (χ1n) is 4.59. The Morgan fingerprint density at radius 2 is 1.88 bits per heavy atom. The van der Waals surface area contributed by atoms with Gasteiger partial charge in [0.15, 0.2) is 0 Å². The zero-order chi connectivity index (χ0) is 12.5. The summed E-state index contributed by atoms with van der Waals surface area (Å²) in [7, 11) is 0. The molecule has 16 heavy (non-hydrogen) atoms. The van der Waals surface area contributed by atoms with E-state index in [0.29, 0.717) is 9.50 Å². The molecule has 0 atom stereocenters. The maximum atomic E-state index is 11.9. The molecule has 0 aliphatic rings. The Kier molecular flexibility index (Phi) is 4.27. The Labute approximate surface area is 113 Å². The van der Waals surface area contributed by atoms with E-state index < -0.39 is 11.6 Å². The van der Waals surface area contributed by atoms with Crippen LogP contribution in [0.15, 0.2) is 16.6 Å². The van der Waals surface area contributed by atoms with E-state index in [-0.39, 0.29) is 10.6 Å². The first-order chi connectivity index (χ1) is 7.22. The van der Waals surface area contributed by atoms with Gasteiger partial charge in [-0.05, 0) is 48.8 Å². The minimum absolute atomic E-state index is 0.199. The summed E-state index contributed by atoms with van der Waals surface area (Å²) in [5.74, 6) is -0.494. The Morgan fingerprint density at radius 1 is 1.31 bits per heavy atom. The molecule has 5 heteroatoms. The number of hydrogen-bond donors (Lipinski definition) is 0. The quantitative estimate of drug-likeness (QED) is 0.552. The molecule has 0 saturated carbocycles. The Balaban J connectivity index is 3.14. The van der Waals surface area contributed by atoms with Crippen LogP contribution in [0.4, 0.5) is 0 Å². The lowest BCUT2D eigenvalue weighted by Gasteiger charge is -2.20. The Morgan fingerprint density at radius 3 is 2.38 bits per heavy atom. The SMILES string of the molecule is CC(C)(C)OC(=O)c1c(Br)ccc(Cl)c1Cl. The fraction of sp³-hybridized carbons (Fsp3) is 0.364. The number of carbonyl (C=O) groups is 1. The summed E-state index contributed by atoms with van der Waals surface area (Å²) in [5, 5.41) is 0.524. The zero-order valence-electron chi connectivity index (χ0n) is 9.11. The standard InChI is InChI=1S/C11H11BrCl2O2/c1-11(2,3)16-10(15)8-6(12)4-5-7(13)9(8)14/h4-5H,1-3H3. The molecule has 0 fully saturated rings. The van der Waals surface area contributed by atoms with Gasteiger partial charge in [-0.3, -0.25) is 0 Å². The number of hydrogen-bond acceptors (Lipinski definition) is 2. The zero-order valence-corrected chi connectivity index (χ0v) is 12.2. The summed E-state index contributed by atoms with van der Waals surface area (Å²) in [6, 6.07) is 3.27. The van der Waals surface area contributed by atoms with Gasteiger partial charge in [0.05, 0.1) is 15.6 Å². The topological polar surface area (TPSA) is 26.3 Å². The highest BCUT2D eigenvalue weighted by molar-refractivity contribution is 9.10. The molecule has 2 nitrogen and oxygen atoms in total. The van der Waals surface area contributed by atoms with Crippen LogP contribution in [0, 0.1) is 0 Å². The van der Waals surface area contributed by atoms with Gasteiger partial charge in [0.1, 0.15) is 5.60 Å². The average molecular weight is 326 g/mol. The number of benzene rings is 1. The largest absolute Gasteiger partial charge is 0.456 e. The second kappa shape index (κ2) is 4.94. The van der Waals surface area contributed by atoms with Crippen LogP contribution in [-0.2, 0) is 4.74 Å². The third-order valence-corrected chi connectivity index (χ3v) is 3.11. The first-order valence-corrected chi connectivity index (χ1v) is 6.14.